The van der Waals surface area contributed by atoms with Crippen LogP contribution < -0.4 is 0 Å². The highest BCUT2D eigenvalue weighted by atomic mass is 32.1. The number of hydrogen-bond donors (Lipinski definition) is 0. The van der Waals surface area contributed by atoms with Crippen molar-refractivity contribution in [1.29, 1.82) is 0 Å². The Bertz CT molecular complexity index is 494. The zero-order chi connectivity index (χ0) is 15.5. The van der Waals surface area contributed by atoms with Crippen LogP contribution >= 0.6 is 11.3 Å². The zero-order valence-corrected chi connectivity index (χ0v) is 14.1. The maximum absolute atomic E-state index is 12.4. The molecule has 22 heavy (non-hydrogen) atoms. The van der Waals surface area contributed by atoms with Gasteiger partial charge >= 0.3 is 0 Å². The largest absolute Gasteiger partial charge is 0.375 e. The van der Waals surface area contributed by atoms with Crippen molar-refractivity contribution >= 4 is 17.2 Å². The minimum absolute atomic E-state index is 0.0675. The maximum atomic E-state index is 12.4. The van der Waals surface area contributed by atoms with Crippen LogP contribution in [0, 0.1) is 0 Å². The van der Waals surface area contributed by atoms with Crippen molar-refractivity contribution in [1.82, 2.24) is 19.7 Å². The summed E-state index contributed by atoms with van der Waals surface area (Å²) in [5.74, 6) is 0.0675. The van der Waals surface area contributed by atoms with Gasteiger partial charge in [-0.3, -0.25) is 9.69 Å². The Balaban J connectivity index is 1.50. The van der Waals surface area contributed by atoms with Gasteiger partial charge in [0.1, 0.15) is 5.69 Å². The third-order valence-electron chi connectivity index (χ3n) is 4.41. The molecule has 2 atom stereocenters. The number of ether oxygens (including phenoxy) is 1. The van der Waals surface area contributed by atoms with Crippen LogP contribution in [0.5, 0.6) is 0 Å². The molecule has 0 bridgehead atoms. The molecule has 0 aromatic carbocycles. The molecule has 2 aliphatic heterocycles. The lowest BCUT2D eigenvalue weighted by molar-refractivity contribution is 0.0478. The molecular formula is C15H24N4O2S. The van der Waals surface area contributed by atoms with Crippen LogP contribution in [0.3, 0.4) is 0 Å². The number of carbonyl (C=O) groups is 1. The van der Waals surface area contributed by atoms with Crippen LogP contribution in [-0.4, -0.2) is 91.2 Å². The summed E-state index contributed by atoms with van der Waals surface area (Å²) < 4.78 is 5.98. The van der Waals surface area contributed by atoms with E-state index in [1.54, 1.807) is 5.51 Å². The highest BCUT2D eigenvalue weighted by Crippen LogP contribution is 2.25. The van der Waals surface area contributed by atoms with Crippen molar-refractivity contribution in [3.05, 3.63) is 16.6 Å². The SMILES string of the molecule is CN(C)CCO[C@@H]1C[C@@H]2CN(C(=O)c3cscn3)CCN2C1. The average Bonchev–Trinajstić information content (AvgIpc) is 3.14. The van der Waals surface area contributed by atoms with Gasteiger partial charge in [0, 0.05) is 44.1 Å². The Morgan fingerprint density at radius 1 is 1.45 bits per heavy atom. The van der Waals surface area contributed by atoms with Crippen molar-refractivity contribution < 1.29 is 9.53 Å². The third kappa shape index (κ3) is 3.65. The summed E-state index contributed by atoms with van der Waals surface area (Å²) in [6, 6.07) is 0.431. The molecule has 2 fully saturated rings. The molecule has 0 N–H and O–H groups in total. The van der Waals surface area contributed by atoms with Gasteiger partial charge in [-0.1, -0.05) is 0 Å². The van der Waals surface area contributed by atoms with Gasteiger partial charge in [0.2, 0.25) is 0 Å². The lowest BCUT2D eigenvalue weighted by Crippen LogP contribution is -2.52. The molecule has 3 heterocycles. The summed E-state index contributed by atoms with van der Waals surface area (Å²) in [4.78, 5) is 23.1. The maximum Gasteiger partial charge on any atom is 0.273 e. The van der Waals surface area contributed by atoms with Crippen LogP contribution in [0.4, 0.5) is 0 Å². The minimum atomic E-state index is 0.0675. The molecule has 0 radical (unpaired) electrons. The number of piperazine rings is 1. The molecule has 1 amide bonds. The second kappa shape index (κ2) is 7.04. The zero-order valence-electron chi connectivity index (χ0n) is 13.3. The molecule has 0 spiro atoms. The number of rotatable bonds is 5. The summed E-state index contributed by atoms with van der Waals surface area (Å²) in [6.07, 6.45) is 1.33. The molecule has 0 saturated carbocycles. The Kier molecular flexibility index (Phi) is 5.07. The van der Waals surface area contributed by atoms with Gasteiger partial charge in [-0.2, -0.15) is 0 Å². The number of nitrogens with zero attached hydrogens (tertiary/aromatic N) is 4. The van der Waals surface area contributed by atoms with Crippen molar-refractivity contribution in [2.45, 2.75) is 18.6 Å². The fraction of sp³-hybridized carbons (Fsp3) is 0.733. The number of hydrogen-bond acceptors (Lipinski definition) is 6. The van der Waals surface area contributed by atoms with E-state index in [9.17, 15) is 4.79 Å². The van der Waals surface area contributed by atoms with Gasteiger partial charge in [-0.15, -0.1) is 11.3 Å². The summed E-state index contributed by atoms with van der Waals surface area (Å²) in [5.41, 5.74) is 2.29. The van der Waals surface area contributed by atoms with Gasteiger partial charge in [0.05, 0.1) is 18.2 Å². The summed E-state index contributed by atoms with van der Waals surface area (Å²) in [5, 5.41) is 1.83. The van der Waals surface area contributed by atoms with Crippen molar-refractivity contribution in [2.24, 2.45) is 0 Å². The highest BCUT2D eigenvalue weighted by Gasteiger charge is 2.38. The van der Waals surface area contributed by atoms with Crippen LogP contribution in [0.1, 0.15) is 16.9 Å². The van der Waals surface area contributed by atoms with Crippen LogP contribution in [-0.2, 0) is 4.74 Å². The quantitative estimate of drug-likeness (QED) is 0.795. The van der Waals surface area contributed by atoms with Gasteiger partial charge in [-0.05, 0) is 20.5 Å². The first-order chi connectivity index (χ1) is 10.6. The van der Waals surface area contributed by atoms with Gasteiger partial charge < -0.3 is 14.5 Å². The van der Waals surface area contributed by atoms with E-state index in [0.717, 1.165) is 45.8 Å². The molecule has 0 unspecified atom stereocenters. The van der Waals surface area contributed by atoms with Crippen molar-refractivity contribution in [3.8, 4) is 0 Å². The lowest BCUT2D eigenvalue weighted by atomic mass is 10.1. The lowest BCUT2D eigenvalue weighted by Gasteiger charge is -2.36. The molecular weight excluding hydrogens is 300 g/mol. The Hall–Kier alpha value is -1.02. The highest BCUT2D eigenvalue weighted by molar-refractivity contribution is 7.07. The third-order valence-corrected chi connectivity index (χ3v) is 4.99. The fourth-order valence-corrected chi connectivity index (χ4v) is 3.71. The number of likely N-dealkylation sites (N-methyl/N-ethyl adjacent to an activating group) is 1. The molecule has 2 saturated heterocycles. The topological polar surface area (TPSA) is 48.9 Å². The van der Waals surface area contributed by atoms with Crippen LogP contribution in [0.15, 0.2) is 10.9 Å². The van der Waals surface area contributed by atoms with Gasteiger partial charge in [0.25, 0.3) is 5.91 Å². The van der Waals surface area contributed by atoms with E-state index in [-0.39, 0.29) is 5.91 Å². The first kappa shape index (κ1) is 15.9. The molecule has 2 aliphatic rings. The Morgan fingerprint density at radius 3 is 3.05 bits per heavy atom. The van der Waals surface area contributed by atoms with Crippen molar-refractivity contribution in [2.75, 3.05) is 53.4 Å². The predicted octanol–water partition coefficient (Wildman–Crippen LogP) is 0.620. The number of aromatic nitrogens is 1. The van der Waals surface area contributed by atoms with E-state index in [0.29, 0.717) is 17.8 Å². The average molecular weight is 324 g/mol. The summed E-state index contributed by atoms with van der Waals surface area (Å²) in [6.45, 7) is 5.25. The van der Waals surface area contributed by atoms with E-state index >= 15 is 0 Å². The standard InChI is InChI=1S/C15H24N4O2S/c1-17(2)5-6-21-13-7-12-8-19(4-3-18(12)9-13)15(20)14-10-22-11-16-14/h10-13H,3-9H2,1-2H3/t12-,13-/m1/s1. The normalized spacial score (nSPS) is 25.7. The Labute approximate surface area is 135 Å². The number of fused-ring (bicyclic) bond motifs is 1. The Morgan fingerprint density at radius 2 is 2.32 bits per heavy atom. The molecule has 122 valence electrons. The van der Waals surface area contributed by atoms with E-state index in [1.165, 1.54) is 11.3 Å². The molecule has 3 rings (SSSR count). The fourth-order valence-electron chi connectivity index (χ4n) is 3.18. The van der Waals surface area contributed by atoms with E-state index in [1.807, 2.05) is 10.3 Å². The second-order valence-corrected chi connectivity index (χ2v) is 7.02. The predicted molar refractivity (Wildman–Crippen MR) is 86.3 cm³/mol. The number of thiazole rings is 1. The minimum Gasteiger partial charge on any atom is -0.375 e. The van der Waals surface area contributed by atoms with Crippen molar-refractivity contribution in [3.63, 3.8) is 0 Å². The first-order valence-electron chi connectivity index (χ1n) is 7.81. The smallest absolute Gasteiger partial charge is 0.273 e. The van der Waals surface area contributed by atoms with E-state index in [4.69, 9.17) is 4.74 Å². The molecule has 6 nitrogen and oxygen atoms in total. The van der Waals surface area contributed by atoms with Gasteiger partial charge in [-0.25, -0.2) is 4.98 Å². The monoisotopic (exact) mass is 324 g/mol. The molecule has 1 aromatic rings. The summed E-state index contributed by atoms with van der Waals surface area (Å²) >= 11 is 1.47. The molecule has 7 heteroatoms. The molecule has 1 aromatic heterocycles. The van der Waals surface area contributed by atoms with Crippen LogP contribution in [0.25, 0.3) is 0 Å². The van der Waals surface area contributed by atoms with Crippen LogP contribution in [0.2, 0.25) is 0 Å². The van der Waals surface area contributed by atoms with E-state index < -0.39 is 0 Å². The van der Waals surface area contributed by atoms with E-state index in [2.05, 4.69) is 28.9 Å². The summed E-state index contributed by atoms with van der Waals surface area (Å²) in [7, 11) is 4.12. The molecule has 0 aliphatic carbocycles. The first-order valence-corrected chi connectivity index (χ1v) is 8.75. The second-order valence-electron chi connectivity index (χ2n) is 6.31. The van der Waals surface area contributed by atoms with Gasteiger partial charge in [0.15, 0.2) is 0 Å². The number of carbonyl (C=O) groups excluding carboxylic acids is 1. The number of amides is 1.